The highest BCUT2D eigenvalue weighted by Crippen LogP contribution is 2.30. The molecule has 0 fully saturated rings. The van der Waals surface area contributed by atoms with Crippen molar-refractivity contribution in [3.8, 4) is 0 Å². The lowest BCUT2D eigenvalue weighted by Crippen LogP contribution is -2.19. The van der Waals surface area contributed by atoms with Crippen LogP contribution in [0.1, 0.15) is 48.0 Å². The van der Waals surface area contributed by atoms with Crippen LogP contribution in [0.5, 0.6) is 0 Å². The normalized spacial score (nSPS) is 12.8. The number of aryl methyl sites for hydroxylation is 3. The molecule has 1 unspecified atom stereocenters. The summed E-state index contributed by atoms with van der Waals surface area (Å²) in [4.78, 5) is 2.79. The molecule has 1 N–H and O–H groups in total. The highest BCUT2D eigenvalue weighted by atomic mass is 35.5. The summed E-state index contributed by atoms with van der Waals surface area (Å²) >= 11 is 8.40. The zero-order chi connectivity index (χ0) is 15.4. The molecule has 21 heavy (non-hydrogen) atoms. The molecule has 0 aliphatic rings. The van der Waals surface area contributed by atoms with Gasteiger partial charge in [0, 0.05) is 28.8 Å². The first-order valence-electron chi connectivity index (χ1n) is 7.64. The first-order chi connectivity index (χ1) is 10.1. The Bertz CT molecular complexity index is 588. The van der Waals surface area contributed by atoms with Crippen molar-refractivity contribution in [2.75, 3.05) is 7.05 Å². The van der Waals surface area contributed by atoms with Crippen molar-refractivity contribution in [1.29, 1.82) is 0 Å². The molecule has 0 saturated carbocycles. The molecule has 2 heterocycles. The van der Waals surface area contributed by atoms with E-state index < -0.39 is 0 Å². The first kappa shape index (κ1) is 16.5. The van der Waals surface area contributed by atoms with E-state index in [2.05, 4.69) is 43.3 Å². The van der Waals surface area contributed by atoms with Crippen molar-refractivity contribution in [3.05, 3.63) is 38.3 Å². The predicted molar refractivity (Wildman–Crippen MR) is 91.5 cm³/mol. The Morgan fingerprint density at radius 1 is 1.29 bits per heavy atom. The van der Waals surface area contributed by atoms with Gasteiger partial charge in [-0.25, -0.2) is 0 Å². The van der Waals surface area contributed by atoms with Gasteiger partial charge in [0.25, 0.3) is 0 Å². The molecule has 0 aliphatic carbocycles. The minimum absolute atomic E-state index is 0.291. The Labute approximate surface area is 136 Å². The maximum absolute atomic E-state index is 6.52. The van der Waals surface area contributed by atoms with Crippen LogP contribution < -0.4 is 5.32 Å². The van der Waals surface area contributed by atoms with E-state index in [9.17, 15) is 0 Å². The Hall–Kier alpha value is -0.840. The van der Waals surface area contributed by atoms with Crippen LogP contribution >= 0.6 is 22.9 Å². The van der Waals surface area contributed by atoms with Crippen LogP contribution in [-0.4, -0.2) is 16.8 Å². The average Bonchev–Trinajstić information content (AvgIpc) is 3.09. The molecular weight excluding hydrogens is 302 g/mol. The van der Waals surface area contributed by atoms with Crippen molar-refractivity contribution in [2.24, 2.45) is 0 Å². The minimum Gasteiger partial charge on any atom is -0.312 e. The average molecular weight is 326 g/mol. The molecule has 3 nitrogen and oxygen atoms in total. The molecule has 1 atom stereocenters. The Morgan fingerprint density at radius 3 is 2.57 bits per heavy atom. The van der Waals surface area contributed by atoms with Crippen molar-refractivity contribution >= 4 is 22.9 Å². The molecule has 0 saturated heterocycles. The van der Waals surface area contributed by atoms with E-state index in [4.69, 9.17) is 11.6 Å². The second-order valence-corrected chi connectivity index (χ2v) is 6.66. The molecule has 0 radical (unpaired) electrons. The number of hydrogen-bond acceptors (Lipinski definition) is 3. The van der Waals surface area contributed by atoms with Gasteiger partial charge in [0.1, 0.15) is 0 Å². The number of rotatable bonds is 7. The molecule has 2 aromatic rings. The third-order valence-electron chi connectivity index (χ3n) is 3.81. The summed E-state index contributed by atoms with van der Waals surface area (Å²) in [5.41, 5.74) is 2.14. The third kappa shape index (κ3) is 3.50. The molecular formula is C16H24ClN3S. The fourth-order valence-electron chi connectivity index (χ4n) is 2.52. The molecule has 0 bridgehead atoms. The van der Waals surface area contributed by atoms with Crippen LogP contribution in [0.15, 0.2) is 12.1 Å². The second kappa shape index (κ2) is 7.43. The molecule has 2 aromatic heterocycles. The number of likely N-dealkylation sites (N-methyl/N-ethyl adjacent to an activating group) is 1. The zero-order valence-corrected chi connectivity index (χ0v) is 14.8. The fraction of sp³-hybridized carbons (Fsp3) is 0.562. The van der Waals surface area contributed by atoms with Gasteiger partial charge >= 0.3 is 0 Å². The Morgan fingerprint density at radius 2 is 2.05 bits per heavy atom. The Kier molecular flexibility index (Phi) is 5.85. The third-order valence-corrected chi connectivity index (χ3v) is 5.59. The molecule has 116 valence electrons. The quantitative estimate of drug-likeness (QED) is 0.825. The zero-order valence-electron chi connectivity index (χ0n) is 13.2. The van der Waals surface area contributed by atoms with Gasteiger partial charge in [0.05, 0.1) is 16.4 Å². The molecule has 5 heteroatoms. The minimum atomic E-state index is 0.291. The van der Waals surface area contributed by atoms with Gasteiger partial charge in [0.15, 0.2) is 0 Å². The Balaban J connectivity index is 2.27. The van der Waals surface area contributed by atoms with E-state index in [0.717, 1.165) is 42.2 Å². The molecule has 0 aliphatic heterocycles. The molecule has 0 aromatic carbocycles. The van der Waals surface area contributed by atoms with Crippen LogP contribution in [0.4, 0.5) is 0 Å². The van der Waals surface area contributed by atoms with Gasteiger partial charge in [-0.15, -0.1) is 11.3 Å². The summed E-state index contributed by atoms with van der Waals surface area (Å²) in [7, 11) is 2.01. The maximum atomic E-state index is 6.52. The van der Waals surface area contributed by atoms with Gasteiger partial charge in [-0.1, -0.05) is 25.4 Å². The number of thiophene rings is 1. The standard InChI is InChI=1S/C16H24ClN3S/c1-5-11-8-9-15(21-11)13(18-4)10-14-16(17)12(6-2)19-20(14)7-3/h8-9,13,18H,5-7,10H2,1-4H3. The van der Waals surface area contributed by atoms with E-state index in [1.165, 1.54) is 9.75 Å². The van der Waals surface area contributed by atoms with E-state index in [-0.39, 0.29) is 0 Å². The van der Waals surface area contributed by atoms with Crippen LogP contribution in [0, 0.1) is 0 Å². The van der Waals surface area contributed by atoms with E-state index >= 15 is 0 Å². The highest BCUT2D eigenvalue weighted by molar-refractivity contribution is 7.12. The van der Waals surface area contributed by atoms with E-state index in [0.29, 0.717) is 6.04 Å². The number of nitrogens with one attached hydrogen (secondary N) is 1. The molecule has 2 rings (SSSR count). The summed E-state index contributed by atoms with van der Waals surface area (Å²) in [6.07, 6.45) is 2.84. The van der Waals surface area contributed by atoms with Gasteiger partial charge < -0.3 is 5.32 Å². The second-order valence-electron chi connectivity index (χ2n) is 5.08. The van der Waals surface area contributed by atoms with Gasteiger partial charge in [0.2, 0.25) is 0 Å². The fourth-order valence-corrected chi connectivity index (χ4v) is 3.93. The lowest BCUT2D eigenvalue weighted by atomic mass is 10.1. The number of nitrogens with zero attached hydrogens (tertiary/aromatic N) is 2. The monoisotopic (exact) mass is 325 g/mol. The topological polar surface area (TPSA) is 29.9 Å². The lowest BCUT2D eigenvalue weighted by molar-refractivity contribution is 0.546. The smallest absolute Gasteiger partial charge is 0.0850 e. The first-order valence-corrected chi connectivity index (χ1v) is 8.83. The van der Waals surface area contributed by atoms with Gasteiger partial charge in [-0.3, -0.25) is 4.68 Å². The maximum Gasteiger partial charge on any atom is 0.0850 e. The van der Waals surface area contributed by atoms with Crippen molar-refractivity contribution in [2.45, 2.75) is 52.6 Å². The SMILES string of the molecule is CCc1ccc(C(Cc2c(Cl)c(CC)nn2CC)NC)s1. The predicted octanol–water partition coefficient (Wildman–Crippen LogP) is 4.25. The van der Waals surface area contributed by atoms with Gasteiger partial charge in [-0.05, 0) is 38.9 Å². The summed E-state index contributed by atoms with van der Waals surface area (Å²) < 4.78 is 2.04. The largest absolute Gasteiger partial charge is 0.312 e. The van der Waals surface area contributed by atoms with Gasteiger partial charge in [-0.2, -0.15) is 5.10 Å². The van der Waals surface area contributed by atoms with Crippen molar-refractivity contribution in [3.63, 3.8) is 0 Å². The van der Waals surface area contributed by atoms with E-state index in [1.54, 1.807) is 0 Å². The molecule has 0 amide bonds. The number of aromatic nitrogens is 2. The van der Waals surface area contributed by atoms with Crippen molar-refractivity contribution in [1.82, 2.24) is 15.1 Å². The van der Waals surface area contributed by atoms with E-state index in [1.807, 2.05) is 23.1 Å². The number of halogens is 1. The summed E-state index contributed by atoms with van der Waals surface area (Å²) in [5.74, 6) is 0. The summed E-state index contributed by atoms with van der Waals surface area (Å²) in [6, 6.07) is 4.74. The molecule has 0 spiro atoms. The lowest BCUT2D eigenvalue weighted by Gasteiger charge is -2.15. The van der Waals surface area contributed by atoms with Crippen LogP contribution in [0.25, 0.3) is 0 Å². The van der Waals surface area contributed by atoms with Crippen LogP contribution in [0.2, 0.25) is 5.02 Å². The summed E-state index contributed by atoms with van der Waals surface area (Å²) in [5, 5.41) is 8.87. The van der Waals surface area contributed by atoms with Crippen molar-refractivity contribution < 1.29 is 0 Å². The summed E-state index contributed by atoms with van der Waals surface area (Å²) in [6.45, 7) is 7.26. The highest BCUT2D eigenvalue weighted by Gasteiger charge is 2.20. The van der Waals surface area contributed by atoms with Crippen LogP contribution in [-0.2, 0) is 25.8 Å². The van der Waals surface area contributed by atoms with Crippen LogP contribution in [0.3, 0.4) is 0 Å². The number of hydrogen-bond donors (Lipinski definition) is 1.